The van der Waals surface area contributed by atoms with Crippen LogP contribution in [-0.2, 0) is 37.0 Å². The van der Waals surface area contributed by atoms with Gasteiger partial charge in [0, 0.05) is 54.2 Å². The summed E-state index contributed by atoms with van der Waals surface area (Å²) >= 11 is 0. The van der Waals surface area contributed by atoms with Gasteiger partial charge in [0.05, 0.1) is 18.4 Å². The number of benzene rings is 2. The highest BCUT2D eigenvalue weighted by Gasteiger charge is 2.20. The zero-order valence-electron chi connectivity index (χ0n) is 26.5. The fraction of sp³-hybridized carbons (Fsp3) is 0.514. The van der Waals surface area contributed by atoms with Crippen LogP contribution in [0.25, 0.3) is 21.8 Å². The maximum atomic E-state index is 13.6. The van der Waals surface area contributed by atoms with Crippen LogP contribution in [0.3, 0.4) is 0 Å². The van der Waals surface area contributed by atoms with Gasteiger partial charge in [-0.1, -0.05) is 61.8 Å². The van der Waals surface area contributed by atoms with Gasteiger partial charge in [-0.25, -0.2) is 9.59 Å². The largest absolute Gasteiger partial charge is 0.372 e. The van der Waals surface area contributed by atoms with Crippen LogP contribution in [-0.4, -0.2) is 46.4 Å². The number of hydrogen-bond acceptors (Lipinski definition) is 8. The zero-order chi connectivity index (χ0) is 31.5. The number of unbranched alkanes of at least 4 members (excludes halogenated alkanes) is 3. The Morgan fingerprint density at radius 2 is 1.52 bits per heavy atom. The molecule has 0 saturated heterocycles. The molecule has 0 spiro atoms. The minimum atomic E-state index is -0.557. The molecule has 9 heteroatoms. The molecule has 236 valence electrons. The number of carbonyl (C=O) groups excluding carboxylic acids is 3. The highest BCUT2D eigenvalue weighted by Crippen LogP contribution is 2.31. The molecule has 1 saturated carbocycles. The van der Waals surface area contributed by atoms with E-state index in [0.29, 0.717) is 30.7 Å². The van der Waals surface area contributed by atoms with E-state index in [4.69, 9.17) is 14.4 Å². The molecule has 1 aromatic heterocycles. The van der Waals surface area contributed by atoms with Gasteiger partial charge >= 0.3 is 11.9 Å². The molecule has 3 aromatic rings. The first-order valence-electron chi connectivity index (χ1n) is 16.0. The highest BCUT2D eigenvalue weighted by atomic mass is 16.7. The van der Waals surface area contributed by atoms with Crippen molar-refractivity contribution in [1.29, 1.82) is 0 Å². The van der Waals surface area contributed by atoms with E-state index in [2.05, 4.69) is 46.9 Å². The second-order valence-corrected chi connectivity index (χ2v) is 11.6. The number of fused-ring (bicyclic) bond motifs is 3. The molecule has 0 radical (unpaired) electrons. The normalized spacial score (nSPS) is 14.7. The number of aromatic nitrogens is 1. The molecule has 9 nitrogen and oxygen atoms in total. The van der Waals surface area contributed by atoms with Crippen molar-refractivity contribution in [2.75, 3.05) is 6.61 Å². The lowest BCUT2D eigenvalue weighted by Gasteiger charge is -2.22. The Morgan fingerprint density at radius 1 is 0.841 bits per heavy atom. The Bertz CT molecular complexity index is 1530. The minimum absolute atomic E-state index is 0.202. The molecule has 1 fully saturated rings. The second kappa shape index (κ2) is 16.3. The number of oxime groups is 2. The topological polar surface area (TPSA) is 109 Å². The van der Waals surface area contributed by atoms with E-state index in [-0.39, 0.29) is 17.6 Å². The highest BCUT2D eigenvalue weighted by molar-refractivity contribution is 6.46. The summed E-state index contributed by atoms with van der Waals surface area (Å²) in [6.07, 6.45) is 10.7. The monoisotopic (exact) mass is 603 g/mol. The molecule has 44 heavy (non-hydrogen) atoms. The number of nitrogens with zero attached hydrogens (tertiary/aromatic N) is 3. The maximum absolute atomic E-state index is 13.6. The summed E-state index contributed by atoms with van der Waals surface area (Å²) < 4.78 is 8.39. The van der Waals surface area contributed by atoms with E-state index in [1.54, 1.807) is 0 Å². The zero-order valence-corrected chi connectivity index (χ0v) is 26.5. The third-order valence-electron chi connectivity index (χ3n) is 8.07. The average molecular weight is 604 g/mol. The molecule has 0 aliphatic heterocycles. The molecule has 2 aromatic carbocycles. The van der Waals surface area contributed by atoms with Crippen LogP contribution in [0.15, 0.2) is 46.7 Å². The van der Waals surface area contributed by atoms with Crippen molar-refractivity contribution in [3.8, 4) is 0 Å². The Morgan fingerprint density at radius 3 is 2.20 bits per heavy atom. The van der Waals surface area contributed by atoms with Gasteiger partial charge in [0.15, 0.2) is 0 Å². The number of rotatable bonds is 15. The van der Waals surface area contributed by atoms with Crippen molar-refractivity contribution in [3.05, 3.63) is 47.5 Å². The standard InChI is InChI=1S/C35H45N3O6/c1-5-7-8-12-15-32(37-44-25(4)40)35(41)27-17-19-34-31(22-27)30-21-26(16-18-33(30)38(34)6-2)20-28(36-43-24(3)39)23-42-29-13-10-9-11-14-29/h16-19,21-22,29H,5-15,20,23H2,1-4H3. The predicted molar refractivity (Wildman–Crippen MR) is 173 cm³/mol. The fourth-order valence-corrected chi connectivity index (χ4v) is 5.87. The van der Waals surface area contributed by atoms with Gasteiger partial charge in [0.25, 0.3) is 0 Å². The Labute approximate surface area is 259 Å². The van der Waals surface area contributed by atoms with Crippen LogP contribution in [0.5, 0.6) is 0 Å². The lowest BCUT2D eigenvalue weighted by atomic mass is 9.98. The first-order chi connectivity index (χ1) is 21.3. The number of ketones is 1. The predicted octanol–water partition coefficient (Wildman–Crippen LogP) is 7.70. The van der Waals surface area contributed by atoms with Crippen LogP contribution in [0, 0.1) is 0 Å². The van der Waals surface area contributed by atoms with Crippen LogP contribution in [0.2, 0.25) is 0 Å². The van der Waals surface area contributed by atoms with Crippen molar-refractivity contribution < 1.29 is 28.8 Å². The number of carbonyl (C=O) groups is 3. The van der Waals surface area contributed by atoms with Crippen LogP contribution < -0.4 is 0 Å². The third kappa shape index (κ3) is 8.85. The molecular weight excluding hydrogens is 558 g/mol. The van der Waals surface area contributed by atoms with Crippen LogP contribution >= 0.6 is 0 Å². The molecule has 0 amide bonds. The number of aryl methyl sites for hydroxylation is 1. The van der Waals surface area contributed by atoms with Crippen molar-refractivity contribution in [1.82, 2.24) is 4.57 Å². The van der Waals surface area contributed by atoms with Gasteiger partial charge in [-0.2, -0.15) is 0 Å². The first-order valence-corrected chi connectivity index (χ1v) is 16.0. The molecule has 4 rings (SSSR count). The van der Waals surface area contributed by atoms with Gasteiger partial charge in [-0.05, 0) is 68.5 Å². The fourth-order valence-electron chi connectivity index (χ4n) is 5.87. The molecule has 0 bridgehead atoms. The van der Waals surface area contributed by atoms with Crippen molar-refractivity contribution in [2.45, 2.75) is 111 Å². The van der Waals surface area contributed by atoms with E-state index in [0.717, 1.165) is 72.4 Å². The van der Waals surface area contributed by atoms with E-state index >= 15 is 0 Å². The Kier molecular flexibility index (Phi) is 12.2. The summed E-state index contributed by atoms with van der Waals surface area (Å²) in [6.45, 7) is 7.90. The Hall–Kier alpha value is -3.85. The second-order valence-electron chi connectivity index (χ2n) is 11.6. The molecule has 0 unspecified atom stereocenters. The van der Waals surface area contributed by atoms with E-state index in [1.807, 2.05) is 18.2 Å². The van der Waals surface area contributed by atoms with Crippen molar-refractivity contribution in [2.24, 2.45) is 10.3 Å². The van der Waals surface area contributed by atoms with E-state index in [9.17, 15) is 14.4 Å². The van der Waals surface area contributed by atoms with Crippen LogP contribution in [0.4, 0.5) is 0 Å². The minimum Gasteiger partial charge on any atom is -0.372 e. The lowest BCUT2D eigenvalue weighted by molar-refractivity contribution is -0.141. The van der Waals surface area contributed by atoms with Crippen molar-refractivity contribution in [3.63, 3.8) is 0 Å². The summed E-state index contributed by atoms with van der Waals surface area (Å²) in [5.41, 5.74) is 4.47. The number of hydrogen-bond donors (Lipinski definition) is 0. The number of Topliss-reactive ketones (excluding diaryl/α,β-unsaturated/α-hetero) is 1. The average Bonchev–Trinajstić information content (AvgIpc) is 3.34. The molecule has 0 N–H and O–H groups in total. The summed E-state index contributed by atoms with van der Waals surface area (Å²) in [4.78, 5) is 46.5. The maximum Gasteiger partial charge on any atom is 0.331 e. The number of ether oxygens (including phenoxy) is 1. The molecular formula is C35H45N3O6. The van der Waals surface area contributed by atoms with Gasteiger partial charge in [-0.15, -0.1) is 0 Å². The van der Waals surface area contributed by atoms with Crippen molar-refractivity contribution >= 4 is 51.0 Å². The smallest absolute Gasteiger partial charge is 0.331 e. The van der Waals surface area contributed by atoms with Crippen LogP contribution in [0.1, 0.15) is 108 Å². The summed E-state index contributed by atoms with van der Waals surface area (Å²) in [7, 11) is 0. The molecule has 0 atom stereocenters. The Balaban J connectivity index is 1.65. The SMILES string of the molecule is CCCCCCC(=NOC(C)=O)C(=O)c1ccc2c(c1)c1cc(CC(COC3CCCCC3)=NOC(C)=O)ccc1n2CC. The molecule has 1 aliphatic carbocycles. The van der Waals surface area contributed by atoms with Gasteiger partial charge in [-0.3, -0.25) is 4.79 Å². The first kappa shape index (κ1) is 33.1. The lowest BCUT2D eigenvalue weighted by Crippen LogP contribution is -2.22. The van der Waals surface area contributed by atoms with Gasteiger partial charge in [0.1, 0.15) is 5.71 Å². The summed E-state index contributed by atoms with van der Waals surface area (Å²) in [6, 6.07) is 12.0. The third-order valence-corrected chi connectivity index (χ3v) is 8.07. The van der Waals surface area contributed by atoms with E-state index in [1.165, 1.54) is 33.1 Å². The quantitative estimate of drug-likeness (QED) is 0.0579. The molecule has 1 heterocycles. The summed E-state index contributed by atoms with van der Waals surface area (Å²) in [5.74, 6) is -1.27. The van der Waals surface area contributed by atoms with E-state index < -0.39 is 11.9 Å². The van der Waals surface area contributed by atoms with Gasteiger partial charge < -0.3 is 19.0 Å². The van der Waals surface area contributed by atoms with Gasteiger partial charge in [0.2, 0.25) is 5.78 Å². The summed E-state index contributed by atoms with van der Waals surface area (Å²) in [5, 5.41) is 10.0. The molecule has 1 aliphatic rings.